The van der Waals surface area contributed by atoms with Gasteiger partial charge in [0.15, 0.2) is 0 Å². The molecule has 0 spiro atoms. The lowest BCUT2D eigenvalue weighted by atomic mass is 10.0. The van der Waals surface area contributed by atoms with E-state index in [1.807, 2.05) is 0 Å². The van der Waals surface area contributed by atoms with Crippen molar-refractivity contribution in [1.29, 1.82) is 0 Å². The third-order valence-corrected chi connectivity index (χ3v) is 4.53. The molecule has 0 radical (unpaired) electrons. The maximum absolute atomic E-state index is 3.77. The van der Waals surface area contributed by atoms with Gasteiger partial charge in [-0.3, -0.25) is 0 Å². The van der Waals surface area contributed by atoms with Crippen molar-refractivity contribution in [2.24, 2.45) is 0 Å². The predicted molar refractivity (Wildman–Crippen MR) is 80.8 cm³/mol. The predicted octanol–water partition coefficient (Wildman–Crippen LogP) is 3.58. The Bertz CT molecular complexity index is 381. The molecular formula is C15H23BrN2. The summed E-state index contributed by atoms with van der Waals surface area (Å²) in [6.07, 6.45) is 2.61. The number of hydrogen-bond acceptors (Lipinski definition) is 2. The first-order valence-corrected chi connectivity index (χ1v) is 7.72. The topological polar surface area (TPSA) is 15.3 Å². The number of nitrogens with zero attached hydrogens (tertiary/aromatic N) is 1. The molecule has 100 valence electrons. The molecule has 1 aromatic carbocycles. The maximum atomic E-state index is 3.77. The number of halogens is 1. The summed E-state index contributed by atoms with van der Waals surface area (Å²) in [5.74, 6) is 0. The molecule has 1 saturated heterocycles. The van der Waals surface area contributed by atoms with Gasteiger partial charge in [0.2, 0.25) is 0 Å². The van der Waals surface area contributed by atoms with E-state index in [-0.39, 0.29) is 0 Å². The van der Waals surface area contributed by atoms with Crippen molar-refractivity contribution in [2.45, 2.75) is 38.8 Å². The van der Waals surface area contributed by atoms with Gasteiger partial charge in [-0.1, -0.05) is 41.1 Å². The van der Waals surface area contributed by atoms with Crippen LogP contribution in [0.3, 0.4) is 0 Å². The number of benzene rings is 1. The van der Waals surface area contributed by atoms with Gasteiger partial charge in [-0.05, 0) is 44.5 Å². The van der Waals surface area contributed by atoms with Crippen LogP contribution in [0.25, 0.3) is 0 Å². The van der Waals surface area contributed by atoms with E-state index in [0.717, 1.165) is 0 Å². The highest BCUT2D eigenvalue weighted by Crippen LogP contribution is 2.24. The minimum atomic E-state index is 0.405. The second-order valence-electron chi connectivity index (χ2n) is 5.14. The van der Waals surface area contributed by atoms with E-state index in [2.05, 4.69) is 64.3 Å². The lowest BCUT2D eigenvalue weighted by Crippen LogP contribution is -2.46. The van der Waals surface area contributed by atoms with E-state index in [4.69, 9.17) is 0 Å². The van der Waals surface area contributed by atoms with Gasteiger partial charge in [0.1, 0.15) is 0 Å². The molecule has 3 heteroatoms. The molecule has 0 aromatic heterocycles. The largest absolute Gasteiger partial charge is 0.306 e. The quantitative estimate of drug-likeness (QED) is 0.914. The smallest absolute Gasteiger partial charge is 0.0306 e. The summed E-state index contributed by atoms with van der Waals surface area (Å²) in [6, 6.07) is 9.52. The van der Waals surface area contributed by atoms with Crippen LogP contribution in [0.4, 0.5) is 0 Å². The van der Waals surface area contributed by atoms with E-state index in [1.54, 1.807) is 0 Å². The van der Waals surface area contributed by atoms with Crippen molar-refractivity contribution in [3.63, 3.8) is 0 Å². The van der Waals surface area contributed by atoms with Crippen LogP contribution in [0, 0.1) is 0 Å². The standard InChI is InChI=1S/C15H23BrN2/c1-3-18-10-6-7-13(11-18)17-12(2)14-8-4-5-9-15(14)16/h4-5,8-9,12-13,17H,3,6-7,10-11H2,1-2H3. The molecule has 1 aromatic rings. The zero-order chi connectivity index (χ0) is 13.0. The molecule has 2 unspecified atom stereocenters. The van der Waals surface area contributed by atoms with Gasteiger partial charge >= 0.3 is 0 Å². The molecule has 1 aliphatic heterocycles. The molecule has 18 heavy (non-hydrogen) atoms. The molecular weight excluding hydrogens is 288 g/mol. The van der Waals surface area contributed by atoms with Crippen molar-refractivity contribution in [1.82, 2.24) is 10.2 Å². The van der Waals surface area contributed by atoms with E-state index < -0.39 is 0 Å². The highest BCUT2D eigenvalue weighted by molar-refractivity contribution is 9.10. The summed E-state index contributed by atoms with van der Waals surface area (Å²) >= 11 is 3.64. The van der Waals surface area contributed by atoms with Crippen LogP contribution in [0.2, 0.25) is 0 Å². The van der Waals surface area contributed by atoms with Crippen LogP contribution in [0.15, 0.2) is 28.7 Å². The summed E-state index contributed by atoms with van der Waals surface area (Å²) in [4.78, 5) is 2.54. The molecule has 1 aliphatic rings. The van der Waals surface area contributed by atoms with Crippen LogP contribution >= 0.6 is 15.9 Å². The molecule has 2 nitrogen and oxygen atoms in total. The van der Waals surface area contributed by atoms with Crippen molar-refractivity contribution < 1.29 is 0 Å². The highest BCUT2D eigenvalue weighted by Gasteiger charge is 2.20. The highest BCUT2D eigenvalue weighted by atomic mass is 79.9. The van der Waals surface area contributed by atoms with Crippen molar-refractivity contribution in [2.75, 3.05) is 19.6 Å². The zero-order valence-electron chi connectivity index (χ0n) is 11.3. The third-order valence-electron chi connectivity index (χ3n) is 3.81. The van der Waals surface area contributed by atoms with Gasteiger partial charge in [-0.15, -0.1) is 0 Å². The van der Waals surface area contributed by atoms with Crippen LogP contribution < -0.4 is 5.32 Å². The number of piperidine rings is 1. The van der Waals surface area contributed by atoms with Crippen LogP contribution in [-0.4, -0.2) is 30.6 Å². The summed E-state index contributed by atoms with van der Waals surface area (Å²) < 4.78 is 1.20. The molecule has 0 aliphatic carbocycles. The summed E-state index contributed by atoms with van der Waals surface area (Å²) in [5.41, 5.74) is 1.35. The number of likely N-dealkylation sites (tertiary alicyclic amines) is 1. The van der Waals surface area contributed by atoms with E-state index in [0.29, 0.717) is 12.1 Å². The minimum Gasteiger partial charge on any atom is -0.306 e. The first-order valence-electron chi connectivity index (χ1n) is 6.93. The fraction of sp³-hybridized carbons (Fsp3) is 0.600. The Morgan fingerprint density at radius 2 is 2.22 bits per heavy atom. The van der Waals surface area contributed by atoms with Crippen molar-refractivity contribution in [3.05, 3.63) is 34.3 Å². The molecule has 0 amide bonds. The van der Waals surface area contributed by atoms with Gasteiger partial charge in [0.05, 0.1) is 0 Å². The Morgan fingerprint density at radius 3 is 2.94 bits per heavy atom. The number of rotatable bonds is 4. The maximum Gasteiger partial charge on any atom is 0.0306 e. The molecule has 1 heterocycles. The number of hydrogen-bond donors (Lipinski definition) is 1. The molecule has 2 rings (SSSR count). The molecule has 0 saturated carbocycles. The number of nitrogens with one attached hydrogen (secondary N) is 1. The molecule has 2 atom stereocenters. The minimum absolute atomic E-state index is 0.405. The van der Waals surface area contributed by atoms with Gasteiger partial charge in [-0.2, -0.15) is 0 Å². The fourth-order valence-electron chi connectivity index (χ4n) is 2.75. The lowest BCUT2D eigenvalue weighted by molar-refractivity contribution is 0.192. The van der Waals surface area contributed by atoms with Gasteiger partial charge in [0, 0.05) is 23.1 Å². The van der Waals surface area contributed by atoms with Gasteiger partial charge < -0.3 is 10.2 Å². The molecule has 0 bridgehead atoms. The normalized spacial score (nSPS) is 22.9. The average molecular weight is 311 g/mol. The average Bonchev–Trinajstić information content (AvgIpc) is 2.39. The molecule has 1 N–H and O–H groups in total. The lowest BCUT2D eigenvalue weighted by Gasteiger charge is -2.34. The monoisotopic (exact) mass is 310 g/mol. The Balaban J connectivity index is 1.95. The SMILES string of the molecule is CCN1CCCC(NC(C)c2ccccc2Br)C1. The van der Waals surface area contributed by atoms with E-state index in [1.165, 1.54) is 42.5 Å². The Hall–Kier alpha value is -0.380. The Labute approximate surface area is 119 Å². The van der Waals surface area contributed by atoms with E-state index in [9.17, 15) is 0 Å². The Morgan fingerprint density at radius 1 is 1.44 bits per heavy atom. The Kier molecular flexibility index (Phi) is 5.22. The first kappa shape index (κ1) is 14.0. The van der Waals surface area contributed by atoms with Crippen molar-refractivity contribution >= 4 is 15.9 Å². The fourth-order valence-corrected chi connectivity index (χ4v) is 3.38. The molecule has 1 fully saturated rings. The summed E-state index contributed by atoms with van der Waals surface area (Å²) in [6.45, 7) is 8.12. The summed E-state index contributed by atoms with van der Waals surface area (Å²) in [5, 5.41) is 3.77. The van der Waals surface area contributed by atoms with Crippen LogP contribution in [-0.2, 0) is 0 Å². The van der Waals surface area contributed by atoms with Crippen molar-refractivity contribution in [3.8, 4) is 0 Å². The van der Waals surface area contributed by atoms with Gasteiger partial charge in [-0.25, -0.2) is 0 Å². The van der Waals surface area contributed by atoms with E-state index >= 15 is 0 Å². The first-order chi connectivity index (χ1) is 8.70. The van der Waals surface area contributed by atoms with Crippen LogP contribution in [0.1, 0.15) is 38.3 Å². The zero-order valence-corrected chi connectivity index (χ0v) is 12.9. The summed E-state index contributed by atoms with van der Waals surface area (Å²) in [7, 11) is 0. The van der Waals surface area contributed by atoms with Crippen LogP contribution in [0.5, 0.6) is 0 Å². The number of likely N-dealkylation sites (N-methyl/N-ethyl adjacent to an activating group) is 1. The third kappa shape index (κ3) is 3.56. The second-order valence-corrected chi connectivity index (χ2v) is 6.00. The second kappa shape index (κ2) is 6.69. The van der Waals surface area contributed by atoms with Gasteiger partial charge in [0.25, 0.3) is 0 Å².